The third-order valence-corrected chi connectivity index (χ3v) is 3.19. The summed E-state index contributed by atoms with van der Waals surface area (Å²) >= 11 is 0. The standard InChI is InChI=1S/C14H25NO4/c1-2-3-10-19-11-4-8-15(9-7-13(16)17)14(18)12-5-6-12/h12H,2-11H2,1H3,(H,16,17). The number of carboxylic acid groups (broad SMARTS) is 1. The first-order valence-electron chi connectivity index (χ1n) is 7.23. The highest BCUT2D eigenvalue weighted by Gasteiger charge is 2.33. The molecule has 1 aliphatic carbocycles. The fourth-order valence-corrected chi connectivity index (χ4v) is 1.86. The maximum Gasteiger partial charge on any atom is 0.305 e. The molecule has 5 heteroatoms. The Kier molecular flexibility index (Phi) is 7.48. The summed E-state index contributed by atoms with van der Waals surface area (Å²) in [5.41, 5.74) is 0. The summed E-state index contributed by atoms with van der Waals surface area (Å²) in [6.45, 7) is 4.45. The quantitative estimate of drug-likeness (QED) is 0.583. The Labute approximate surface area is 114 Å². The second-order valence-corrected chi connectivity index (χ2v) is 5.06. The average molecular weight is 271 g/mol. The van der Waals surface area contributed by atoms with Gasteiger partial charge in [0.1, 0.15) is 0 Å². The Morgan fingerprint density at radius 3 is 2.47 bits per heavy atom. The van der Waals surface area contributed by atoms with E-state index in [0.29, 0.717) is 19.7 Å². The largest absolute Gasteiger partial charge is 0.481 e. The molecule has 0 saturated heterocycles. The van der Waals surface area contributed by atoms with Gasteiger partial charge in [-0.15, -0.1) is 0 Å². The minimum absolute atomic E-state index is 0.0230. The van der Waals surface area contributed by atoms with Crippen LogP contribution in [-0.4, -0.2) is 48.2 Å². The van der Waals surface area contributed by atoms with Crippen LogP contribution in [0.4, 0.5) is 0 Å². The topological polar surface area (TPSA) is 66.8 Å². The molecule has 0 spiro atoms. The Bertz CT molecular complexity index is 289. The summed E-state index contributed by atoms with van der Waals surface area (Å²) in [6.07, 6.45) is 4.89. The Hall–Kier alpha value is -1.10. The van der Waals surface area contributed by atoms with Crippen LogP contribution in [0.2, 0.25) is 0 Å². The second kappa shape index (κ2) is 8.91. The molecule has 0 atom stereocenters. The van der Waals surface area contributed by atoms with E-state index in [2.05, 4.69) is 6.92 Å². The molecule has 0 unspecified atom stereocenters. The van der Waals surface area contributed by atoms with Crippen molar-refractivity contribution in [3.05, 3.63) is 0 Å². The first-order chi connectivity index (χ1) is 9.15. The van der Waals surface area contributed by atoms with E-state index in [-0.39, 0.29) is 18.2 Å². The molecule has 1 fully saturated rings. The Morgan fingerprint density at radius 2 is 1.89 bits per heavy atom. The highest BCUT2D eigenvalue weighted by molar-refractivity contribution is 5.81. The number of carbonyl (C=O) groups excluding carboxylic acids is 1. The molecule has 1 rings (SSSR count). The molecule has 110 valence electrons. The molecule has 1 aliphatic rings. The van der Waals surface area contributed by atoms with Gasteiger partial charge in [0.15, 0.2) is 0 Å². The number of carbonyl (C=O) groups is 2. The van der Waals surface area contributed by atoms with Crippen LogP contribution >= 0.6 is 0 Å². The fraction of sp³-hybridized carbons (Fsp3) is 0.857. The highest BCUT2D eigenvalue weighted by atomic mass is 16.5. The van der Waals surface area contributed by atoms with E-state index in [4.69, 9.17) is 9.84 Å². The van der Waals surface area contributed by atoms with Crippen LogP contribution < -0.4 is 0 Å². The van der Waals surface area contributed by atoms with Gasteiger partial charge in [0.2, 0.25) is 5.91 Å². The van der Waals surface area contributed by atoms with Gasteiger partial charge in [0, 0.05) is 32.2 Å². The van der Waals surface area contributed by atoms with E-state index in [1.165, 1.54) is 0 Å². The zero-order valence-electron chi connectivity index (χ0n) is 11.8. The molecular weight excluding hydrogens is 246 g/mol. The van der Waals surface area contributed by atoms with Crippen LogP contribution in [0, 0.1) is 5.92 Å². The van der Waals surface area contributed by atoms with Crippen LogP contribution in [-0.2, 0) is 14.3 Å². The maximum atomic E-state index is 12.0. The van der Waals surface area contributed by atoms with E-state index >= 15 is 0 Å². The molecule has 1 N–H and O–H groups in total. The number of rotatable bonds is 11. The number of amides is 1. The van der Waals surface area contributed by atoms with E-state index in [1.807, 2.05) is 0 Å². The number of unbranched alkanes of at least 4 members (excludes halogenated alkanes) is 1. The van der Waals surface area contributed by atoms with Crippen molar-refractivity contribution in [2.75, 3.05) is 26.3 Å². The molecule has 0 aromatic rings. The monoisotopic (exact) mass is 271 g/mol. The third-order valence-electron chi connectivity index (χ3n) is 3.19. The molecule has 0 aromatic carbocycles. The Morgan fingerprint density at radius 1 is 1.21 bits per heavy atom. The van der Waals surface area contributed by atoms with Crippen LogP contribution in [0.15, 0.2) is 0 Å². The van der Waals surface area contributed by atoms with E-state index in [1.54, 1.807) is 4.90 Å². The minimum atomic E-state index is -0.854. The molecule has 19 heavy (non-hydrogen) atoms. The van der Waals surface area contributed by atoms with Crippen molar-refractivity contribution in [1.82, 2.24) is 4.90 Å². The SMILES string of the molecule is CCCCOCCCN(CCC(=O)O)C(=O)C1CC1. The van der Waals surface area contributed by atoms with Gasteiger partial charge < -0.3 is 14.7 Å². The lowest BCUT2D eigenvalue weighted by Crippen LogP contribution is -2.35. The van der Waals surface area contributed by atoms with Crippen molar-refractivity contribution < 1.29 is 19.4 Å². The first kappa shape index (κ1) is 16.0. The molecule has 5 nitrogen and oxygen atoms in total. The highest BCUT2D eigenvalue weighted by Crippen LogP contribution is 2.31. The van der Waals surface area contributed by atoms with Gasteiger partial charge >= 0.3 is 5.97 Å². The lowest BCUT2D eigenvalue weighted by atomic mass is 10.3. The normalized spacial score (nSPS) is 14.4. The molecule has 0 bridgehead atoms. The van der Waals surface area contributed by atoms with Crippen molar-refractivity contribution in [3.8, 4) is 0 Å². The van der Waals surface area contributed by atoms with Gasteiger partial charge in [-0.1, -0.05) is 13.3 Å². The van der Waals surface area contributed by atoms with Crippen LogP contribution in [0.3, 0.4) is 0 Å². The summed E-state index contributed by atoms with van der Waals surface area (Å²) in [5.74, 6) is -0.586. The predicted molar refractivity (Wildman–Crippen MR) is 71.9 cm³/mol. The van der Waals surface area contributed by atoms with Crippen molar-refractivity contribution in [1.29, 1.82) is 0 Å². The van der Waals surface area contributed by atoms with Crippen molar-refractivity contribution in [3.63, 3.8) is 0 Å². The van der Waals surface area contributed by atoms with Gasteiger partial charge in [0.25, 0.3) is 0 Å². The number of nitrogens with zero attached hydrogens (tertiary/aromatic N) is 1. The molecule has 0 aliphatic heterocycles. The van der Waals surface area contributed by atoms with Gasteiger partial charge in [0.05, 0.1) is 6.42 Å². The number of carboxylic acids is 1. The van der Waals surface area contributed by atoms with Crippen LogP contribution in [0.25, 0.3) is 0 Å². The number of hydrogen-bond acceptors (Lipinski definition) is 3. The predicted octanol–water partition coefficient (Wildman–Crippen LogP) is 1.91. The molecule has 0 radical (unpaired) electrons. The summed E-state index contributed by atoms with van der Waals surface area (Å²) in [6, 6.07) is 0. The Balaban J connectivity index is 2.20. The van der Waals surface area contributed by atoms with E-state index in [9.17, 15) is 9.59 Å². The van der Waals surface area contributed by atoms with Crippen LogP contribution in [0.1, 0.15) is 45.4 Å². The van der Waals surface area contributed by atoms with Crippen LogP contribution in [0.5, 0.6) is 0 Å². The fourth-order valence-electron chi connectivity index (χ4n) is 1.86. The average Bonchev–Trinajstić information content (AvgIpc) is 3.20. The lowest BCUT2D eigenvalue weighted by molar-refractivity contribution is -0.138. The van der Waals surface area contributed by atoms with Gasteiger partial charge in [-0.25, -0.2) is 0 Å². The summed E-state index contributed by atoms with van der Waals surface area (Å²) < 4.78 is 5.45. The molecule has 1 saturated carbocycles. The van der Waals surface area contributed by atoms with E-state index < -0.39 is 5.97 Å². The molecule has 0 heterocycles. The number of aliphatic carboxylic acids is 1. The molecule has 1 amide bonds. The van der Waals surface area contributed by atoms with Crippen molar-refractivity contribution >= 4 is 11.9 Å². The molecule has 0 aromatic heterocycles. The van der Waals surface area contributed by atoms with Gasteiger partial charge in [-0.2, -0.15) is 0 Å². The van der Waals surface area contributed by atoms with Crippen molar-refractivity contribution in [2.24, 2.45) is 5.92 Å². The zero-order valence-corrected chi connectivity index (χ0v) is 11.8. The van der Waals surface area contributed by atoms with E-state index in [0.717, 1.165) is 38.7 Å². The lowest BCUT2D eigenvalue weighted by Gasteiger charge is -2.22. The minimum Gasteiger partial charge on any atom is -0.481 e. The van der Waals surface area contributed by atoms with Crippen molar-refractivity contribution in [2.45, 2.75) is 45.4 Å². The van der Waals surface area contributed by atoms with Gasteiger partial charge in [-0.05, 0) is 25.7 Å². The summed E-state index contributed by atoms with van der Waals surface area (Å²) in [7, 11) is 0. The number of ether oxygens (including phenoxy) is 1. The summed E-state index contributed by atoms with van der Waals surface area (Å²) in [5, 5.41) is 8.70. The summed E-state index contributed by atoms with van der Waals surface area (Å²) in [4.78, 5) is 24.3. The number of hydrogen-bond donors (Lipinski definition) is 1. The maximum absolute atomic E-state index is 12.0. The zero-order chi connectivity index (χ0) is 14.1. The smallest absolute Gasteiger partial charge is 0.305 e. The van der Waals surface area contributed by atoms with Gasteiger partial charge in [-0.3, -0.25) is 9.59 Å². The second-order valence-electron chi connectivity index (χ2n) is 5.06. The first-order valence-corrected chi connectivity index (χ1v) is 7.23. The third kappa shape index (κ3) is 7.15. The molecular formula is C14H25NO4.